The van der Waals surface area contributed by atoms with Crippen molar-refractivity contribution in [3.05, 3.63) is 35.4 Å². The Morgan fingerprint density at radius 1 is 0.958 bits per heavy atom. The van der Waals surface area contributed by atoms with Crippen LogP contribution in [0.1, 0.15) is 62.5 Å². The van der Waals surface area contributed by atoms with Crippen molar-refractivity contribution in [1.82, 2.24) is 10.2 Å². The Morgan fingerprint density at radius 2 is 1.58 bits per heavy atom. The van der Waals surface area contributed by atoms with Crippen LogP contribution in [0.15, 0.2) is 29.3 Å². The van der Waals surface area contributed by atoms with Crippen LogP contribution in [0.2, 0.25) is 0 Å². The molecule has 0 amide bonds. The number of guanidine groups is 1. The fraction of sp³-hybridized carbons (Fsp3) is 0.650. The second-order valence-corrected chi connectivity index (χ2v) is 7.33. The topological polar surface area (TPSA) is 53.6 Å². The summed E-state index contributed by atoms with van der Waals surface area (Å²) in [5.41, 5.74) is 8.70. The van der Waals surface area contributed by atoms with E-state index in [0.717, 1.165) is 6.54 Å². The van der Waals surface area contributed by atoms with Gasteiger partial charge in [-0.2, -0.15) is 0 Å². The zero-order valence-corrected chi connectivity index (χ0v) is 14.8. The smallest absolute Gasteiger partial charge is 0.189 e. The summed E-state index contributed by atoms with van der Waals surface area (Å²) in [6.07, 6.45) is 10.5. The Bertz CT molecular complexity index is 509. The van der Waals surface area contributed by atoms with Gasteiger partial charge in [0.2, 0.25) is 0 Å². The molecule has 0 bridgehead atoms. The van der Waals surface area contributed by atoms with E-state index < -0.39 is 0 Å². The van der Waals surface area contributed by atoms with E-state index in [1.165, 1.54) is 75.6 Å². The molecule has 1 heterocycles. The van der Waals surface area contributed by atoms with Crippen LogP contribution in [-0.4, -0.2) is 30.0 Å². The van der Waals surface area contributed by atoms with Gasteiger partial charge in [0.25, 0.3) is 0 Å². The Morgan fingerprint density at radius 3 is 2.25 bits per heavy atom. The number of rotatable bonds is 5. The lowest BCUT2D eigenvalue weighted by molar-refractivity contribution is 0.331. The van der Waals surface area contributed by atoms with Crippen molar-refractivity contribution in [2.24, 2.45) is 10.7 Å². The molecule has 4 heteroatoms. The first-order valence-electron chi connectivity index (χ1n) is 9.66. The van der Waals surface area contributed by atoms with Gasteiger partial charge in [0.15, 0.2) is 5.96 Å². The maximum Gasteiger partial charge on any atom is 0.189 e. The number of benzene rings is 1. The first kappa shape index (κ1) is 17.3. The average Bonchev–Trinajstić information content (AvgIpc) is 2.97. The molecule has 0 spiro atoms. The summed E-state index contributed by atoms with van der Waals surface area (Å²) in [4.78, 5) is 7.05. The standard InChI is InChI=1S/C20H32N4/c21-20(23-19-7-3-1-2-4-8-19)22-15-17-9-11-18(12-10-17)16-24-13-5-6-14-24/h9-12,19H,1-8,13-16H2,(H3,21,22,23). The zero-order chi connectivity index (χ0) is 16.6. The molecule has 1 aliphatic heterocycles. The predicted octanol–water partition coefficient (Wildman–Crippen LogP) is 3.41. The van der Waals surface area contributed by atoms with Crippen molar-refractivity contribution < 1.29 is 0 Å². The molecule has 1 aromatic carbocycles. The van der Waals surface area contributed by atoms with Crippen LogP contribution in [-0.2, 0) is 13.1 Å². The highest BCUT2D eigenvalue weighted by Crippen LogP contribution is 2.17. The second-order valence-electron chi connectivity index (χ2n) is 7.33. The lowest BCUT2D eigenvalue weighted by Crippen LogP contribution is -2.39. The molecule has 3 rings (SSSR count). The van der Waals surface area contributed by atoms with Crippen LogP contribution in [0, 0.1) is 0 Å². The van der Waals surface area contributed by atoms with Crippen molar-refractivity contribution >= 4 is 5.96 Å². The van der Waals surface area contributed by atoms with Gasteiger partial charge in [0.05, 0.1) is 6.54 Å². The summed E-state index contributed by atoms with van der Waals surface area (Å²) >= 11 is 0. The van der Waals surface area contributed by atoms with E-state index in [0.29, 0.717) is 18.5 Å². The Balaban J connectivity index is 1.45. The van der Waals surface area contributed by atoms with Gasteiger partial charge in [-0.05, 0) is 49.9 Å². The van der Waals surface area contributed by atoms with Crippen LogP contribution in [0.5, 0.6) is 0 Å². The zero-order valence-electron chi connectivity index (χ0n) is 14.8. The van der Waals surface area contributed by atoms with Gasteiger partial charge in [-0.1, -0.05) is 49.9 Å². The lowest BCUT2D eigenvalue weighted by Gasteiger charge is -2.16. The van der Waals surface area contributed by atoms with E-state index in [1.54, 1.807) is 0 Å². The summed E-state index contributed by atoms with van der Waals surface area (Å²) < 4.78 is 0. The van der Waals surface area contributed by atoms with Gasteiger partial charge in [0.1, 0.15) is 0 Å². The van der Waals surface area contributed by atoms with E-state index >= 15 is 0 Å². The lowest BCUT2D eigenvalue weighted by atomic mass is 10.1. The van der Waals surface area contributed by atoms with Crippen molar-refractivity contribution in [2.75, 3.05) is 13.1 Å². The fourth-order valence-corrected chi connectivity index (χ4v) is 3.80. The third-order valence-electron chi connectivity index (χ3n) is 5.27. The first-order chi connectivity index (χ1) is 11.8. The number of nitrogens with zero attached hydrogens (tertiary/aromatic N) is 2. The Labute approximate surface area is 146 Å². The highest BCUT2D eigenvalue weighted by molar-refractivity contribution is 5.78. The van der Waals surface area contributed by atoms with Crippen molar-refractivity contribution in [3.8, 4) is 0 Å². The molecule has 132 valence electrons. The molecule has 3 N–H and O–H groups in total. The van der Waals surface area contributed by atoms with Crippen LogP contribution in [0.3, 0.4) is 0 Å². The van der Waals surface area contributed by atoms with Crippen molar-refractivity contribution in [1.29, 1.82) is 0 Å². The van der Waals surface area contributed by atoms with Crippen LogP contribution < -0.4 is 11.1 Å². The van der Waals surface area contributed by atoms with Gasteiger partial charge < -0.3 is 11.1 Å². The van der Waals surface area contributed by atoms with Crippen molar-refractivity contribution in [3.63, 3.8) is 0 Å². The third kappa shape index (κ3) is 5.52. The van der Waals surface area contributed by atoms with Gasteiger partial charge in [-0.15, -0.1) is 0 Å². The van der Waals surface area contributed by atoms with E-state index in [4.69, 9.17) is 5.73 Å². The molecule has 24 heavy (non-hydrogen) atoms. The van der Waals surface area contributed by atoms with Gasteiger partial charge in [0, 0.05) is 12.6 Å². The summed E-state index contributed by atoms with van der Waals surface area (Å²) in [6.45, 7) is 4.23. The molecular formula is C20H32N4. The molecule has 0 radical (unpaired) electrons. The number of aliphatic imine (C=N–C) groups is 1. The van der Waals surface area contributed by atoms with Crippen LogP contribution in [0.4, 0.5) is 0 Å². The number of nitrogens with one attached hydrogen (secondary N) is 1. The van der Waals surface area contributed by atoms with Gasteiger partial charge in [-0.25, -0.2) is 4.99 Å². The van der Waals surface area contributed by atoms with Crippen molar-refractivity contribution in [2.45, 2.75) is 70.5 Å². The maximum absolute atomic E-state index is 6.07. The first-order valence-corrected chi connectivity index (χ1v) is 9.66. The average molecular weight is 329 g/mol. The molecular weight excluding hydrogens is 296 g/mol. The highest BCUT2D eigenvalue weighted by Gasteiger charge is 2.13. The third-order valence-corrected chi connectivity index (χ3v) is 5.27. The molecule has 1 saturated heterocycles. The largest absolute Gasteiger partial charge is 0.370 e. The van der Waals surface area contributed by atoms with Crippen LogP contribution >= 0.6 is 0 Å². The monoisotopic (exact) mass is 328 g/mol. The quantitative estimate of drug-likeness (QED) is 0.495. The van der Waals surface area contributed by atoms with E-state index in [-0.39, 0.29) is 0 Å². The molecule has 2 aliphatic rings. The number of nitrogens with two attached hydrogens (primary N) is 1. The van der Waals surface area contributed by atoms with E-state index in [9.17, 15) is 0 Å². The fourth-order valence-electron chi connectivity index (χ4n) is 3.80. The van der Waals surface area contributed by atoms with Gasteiger partial charge in [-0.3, -0.25) is 4.90 Å². The molecule has 4 nitrogen and oxygen atoms in total. The van der Waals surface area contributed by atoms with Crippen LogP contribution in [0.25, 0.3) is 0 Å². The molecule has 0 aromatic heterocycles. The second kappa shape index (κ2) is 9.07. The summed E-state index contributed by atoms with van der Waals surface area (Å²) in [7, 11) is 0. The minimum absolute atomic E-state index is 0.513. The minimum Gasteiger partial charge on any atom is -0.370 e. The van der Waals surface area contributed by atoms with E-state index in [1.807, 2.05) is 0 Å². The van der Waals surface area contributed by atoms with E-state index in [2.05, 4.69) is 39.5 Å². The summed E-state index contributed by atoms with van der Waals surface area (Å²) in [6, 6.07) is 9.36. The number of hydrogen-bond donors (Lipinski definition) is 2. The molecule has 0 atom stereocenters. The molecule has 1 aromatic rings. The molecule has 1 aliphatic carbocycles. The number of likely N-dealkylation sites (tertiary alicyclic amines) is 1. The molecule has 2 fully saturated rings. The van der Waals surface area contributed by atoms with Gasteiger partial charge >= 0.3 is 0 Å². The number of hydrogen-bond acceptors (Lipinski definition) is 2. The maximum atomic E-state index is 6.07. The highest BCUT2D eigenvalue weighted by atomic mass is 15.1. The summed E-state index contributed by atoms with van der Waals surface area (Å²) in [5.74, 6) is 0.600. The molecule has 1 saturated carbocycles. The molecule has 0 unspecified atom stereocenters. The Kier molecular flexibility index (Phi) is 6.53. The minimum atomic E-state index is 0.513. The summed E-state index contributed by atoms with van der Waals surface area (Å²) in [5, 5.41) is 3.41. The predicted molar refractivity (Wildman–Crippen MR) is 101 cm³/mol. The Hall–Kier alpha value is -1.55. The SMILES string of the molecule is NC(=NCc1ccc(CN2CCCC2)cc1)NC1CCCCCC1. The normalized spacial score (nSPS) is 20.9.